The predicted octanol–water partition coefficient (Wildman–Crippen LogP) is 4.39. The van der Waals surface area contributed by atoms with Crippen molar-refractivity contribution < 1.29 is 14.2 Å². The monoisotopic (exact) mass is 376 g/mol. The average Bonchev–Trinajstić information content (AvgIpc) is 3.27. The molecule has 0 spiro atoms. The fourth-order valence-corrected chi connectivity index (χ4v) is 3.10. The van der Waals surface area contributed by atoms with E-state index in [4.69, 9.17) is 14.2 Å². The lowest BCUT2D eigenvalue weighted by Gasteiger charge is -2.14. The third-order valence-electron chi connectivity index (χ3n) is 4.50. The lowest BCUT2D eigenvalue weighted by Crippen LogP contribution is -1.96. The van der Waals surface area contributed by atoms with E-state index in [1.165, 1.54) is 0 Å². The Bertz CT molecular complexity index is 1110. The molecule has 0 aliphatic carbocycles. The van der Waals surface area contributed by atoms with Crippen LogP contribution in [-0.2, 0) is 0 Å². The van der Waals surface area contributed by atoms with Crippen molar-refractivity contribution in [1.82, 2.24) is 15.2 Å². The van der Waals surface area contributed by atoms with Crippen LogP contribution in [0.4, 0.5) is 11.4 Å². The smallest absolute Gasteiger partial charge is 0.162 e. The van der Waals surface area contributed by atoms with Gasteiger partial charge in [0.05, 0.1) is 33.0 Å². The van der Waals surface area contributed by atoms with Crippen LogP contribution in [0, 0.1) is 0 Å². The first-order valence-electron chi connectivity index (χ1n) is 8.68. The third-order valence-corrected chi connectivity index (χ3v) is 4.50. The van der Waals surface area contributed by atoms with E-state index >= 15 is 0 Å². The first kappa shape index (κ1) is 17.7. The van der Waals surface area contributed by atoms with Gasteiger partial charge in [0.2, 0.25) is 0 Å². The predicted molar refractivity (Wildman–Crippen MR) is 109 cm³/mol. The molecule has 0 amide bonds. The van der Waals surface area contributed by atoms with E-state index in [2.05, 4.69) is 20.5 Å². The number of H-pyrrole nitrogens is 1. The molecule has 0 unspecified atom stereocenters. The molecule has 2 aromatic carbocycles. The van der Waals surface area contributed by atoms with Crippen LogP contribution in [0.15, 0.2) is 55.0 Å². The fraction of sp³-hybridized carbons (Fsp3) is 0.143. The van der Waals surface area contributed by atoms with Crippen molar-refractivity contribution in [2.45, 2.75) is 0 Å². The Kier molecular flexibility index (Phi) is 4.72. The first-order valence-corrected chi connectivity index (χ1v) is 8.68. The average molecular weight is 376 g/mol. The van der Waals surface area contributed by atoms with E-state index in [1.54, 1.807) is 33.7 Å². The quantitative estimate of drug-likeness (QED) is 0.519. The van der Waals surface area contributed by atoms with Crippen molar-refractivity contribution in [3.8, 4) is 28.4 Å². The largest absolute Gasteiger partial charge is 0.497 e. The zero-order chi connectivity index (χ0) is 19.5. The van der Waals surface area contributed by atoms with Gasteiger partial charge in [-0.15, -0.1) is 0 Å². The number of nitrogens with zero attached hydrogens (tertiary/aromatic N) is 2. The molecule has 7 heteroatoms. The van der Waals surface area contributed by atoms with Gasteiger partial charge in [-0.1, -0.05) is 0 Å². The number of hydrogen-bond acceptors (Lipinski definition) is 6. The van der Waals surface area contributed by atoms with Crippen LogP contribution in [0.5, 0.6) is 17.2 Å². The van der Waals surface area contributed by atoms with E-state index in [1.807, 2.05) is 42.6 Å². The number of aromatic amines is 1. The Hall–Kier alpha value is -3.74. The minimum atomic E-state index is 0.642. The molecule has 7 nitrogen and oxygen atoms in total. The molecule has 0 aliphatic heterocycles. The first-order chi connectivity index (χ1) is 13.7. The zero-order valence-corrected chi connectivity index (χ0v) is 15.8. The van der Waals surface area contributed by atoms with Crippen molar-refractivity contribution in [3.63, 3.8) is 0 Å². The second kappa shape index (κ2) is 7.48. The Morgan fingerprint density at radius 2 is 1.71 bits per heavy atom. The number of rotatable bonds is 6. The summed E-state index contributed by atoms with van der Waals surface area (Å²) in [7, 11) is 4.88. The number of fused-ring (bicyclic) bond motifs is 1. The normalized spacial score (nSPS) is 10.7. The van der Waals surface area contributed by atoms with Crippen LogP contribution in [-0.4, -0.2) is 36.5 Å². The molecule has 0 fully saturated rings. The summed E-state index contributed by atoms with van der Waals surface area (Å²) in [5, 5.41) is 11.3. The summed E-state index contributed by atoms with van der Waals surface area (Å²) in [6, 6.07) is 11.7. The van der Waals surface area contributed by atoms with Crippen LogP contribution < -0.4 is 19.5 Å². The van der Waals surface area contributed by atoms with E-state index in [0.717, 1.165) is 39.2 Å². The molecule has 0 aliphatic rings. The molecule has 2 N–H and O–H groups in total. The van der Waals surface area contributed by atoms with Gasteiger partial charge in [-0.05, 0) is 29.8 Å². The zero-order valence-electron chi connectivity index (χ0n) is 15.8. The second-order valence-electron chi connectivity index (χ2n) is 6.15. The molecule has 142 valence electrons. The van der Waals surface area contributed by atoms with Crippen molar-refractivity contribution in [2.24, 2.45) is 0 Å². The Labute approximate surface area is 162 Å². The minimum absolute atomic E-state index is 0.642. The Balaban J connectivity index is 1.79. The molecule has 0 atom stereocenters. The standard InChI is InChI=1S/C21H20N4O3/c1-26-16-7-13(14-11-23-24-12-14)6-15(8-16)25-18-4-5-22-19-10-21(28-3)20(27-2)9-17(18)19/h4-12H,1-3H3,(H,22,25)(H,23,24). The second-order valence-corrected chi connectivity index (χ2v) is 6.15. The van der Waals surface area contributed by atoms with E-state index in [9.17, 15) is 0 Å². The van der Waals surface area contributed by atoms with Gasteiger partial charge in [0.15, 0.2) is 11.5 Å². The van der Waals surface area contributed by atoms with Gasteiger partial charge < -0.3 is 19.5 Å². The van der Waals surface area contributed by atoms with Gasteiger partial charge in [-0.2, -0.15) is 5.10 Å². The highest BCUT2D eigenvalue weighted by Gasteiger charge is 2.11. The van der Waals surface area contributed by atoms with Crippen LogP contribution in [0.25, 0.3) is 22.0 Å². The van der Waals surface area contributed by atoms with Crippen LogP contribution in [0.1, 0.15) is 0 Å². The van der Waals surface area contributed by atoms with Crippen molar-refractivity contribution >= 4 is 22.3 Å². The lowest BCUT2D eigenvalue weighted by atomic mass is 10.1. The number of aromatic nitrogens is 3. The van der Waals surface area contributed by atoms with Gasteiger partial charge in [-0.3, -0.25) is 10.1 Å². The van der Waals surface area contributed by atoms with Gasteiger partial charge in [0, 0.05) is 46.9 Å². The number of ether oxygens (including phenoxy) is 3. The number of hydrogen-bond donors (Lipinski definition) is 2. The fourth-order valence-electron chi connectivity index (χ4n) is 3.10. The third kappa shape index (κ3) is 3.29. The van der Waals surface area contributed by atoms with Crippen molar-refractivity contribution in [1.29, 1.82) is 0 Å². The van der Waals surface area contributed by atoms with E-state index in [0.29, 0.717) is 11.5 Å². The molecule has 28 heavy (non-hydrogen) atoms. The number of nitrogens with one attached hydrogen (secondary N) is 2. The van der Waals surface area contributed by atoms with Crippen LogP contribution >= 0.6 is 0 Å². The molecule has 0 saturated heterocycles. The molecule has 0 radical (unpaired) electrons. The van der Waals surface area contributed by atoms with Crippen LogP contribution in [0.2, 0.25) is 0 Å². The summed E-state index contributed by atoms with van der Waals surface area (Å²) in [4.78, 5) is 4.45. The Morgan fingerprint density at radius 3 is 2.43 bits per heavy atom. The van der Waals surface area contributed by atoms with E-state index < -0.39 is 0 Å². The molecular weight excluding hydrogens is 356 g/mol. The molecule has 4 rings (SSSR count). The van der Waals surface area contributed by atoms with Gasteiger partial charge in [0.25, 0.3) is 0 Å². The topological polar surface area (TPSA) is 81.3 Å². The highest BCUT2D eigenvalue weighted by Crippen LogP contribution is 2.36. The summed E-state index contributed by atoms with van der Waals surface area (Å²) in [5.41, 5.74) is 4.57. The maximum absolute atomic E-state index is 5.47. The van der Waals surface area contributed by atoms with Crippen molar-refractivity contribution in [3.05, 3.63) is 55.0 Å². The Morgan fingerprint density at radius 1 is 0.893 bits per heavy atom. The summed E-state index contributed by atoms with van der Waals surface area (Å²) in [5.74, 6) is 2.04. The number of pyridine rings is 1. The van der Waals surface area contributed by atoms with E-state index in [-0.39, 0.29) is 0 Å². The highest BCUT2D eigenvalue weighted by molar-refractivity contribution is 5.95. The lowest BCUT2D eigenvalue weighted by molar-refractivity contribution is 0.356. The maximum Gasteiger partial charge on any atom is 0.162 e. The molecule has 2 heterocycles. The summed E-state index contributed by atoms with van der Waals surface area (Å²) in [6.07, 6.45) is 5.38. The van der Waals surface area contributed by atoms with Crippen molar-refractivity contribution in [2.75, 3.05) is 26.6 Å². The van der Waals surface area contributed by atoms with Gasteiger partial charge in [0.1, 0.15) is 5.75 Å². The molecule has 4 aromatic rings. The minimum Gasteiger partial charge on any atom is -0.497 e. The van der Waals surface area contributed by atoms with Gasteiger partial charge in [-0.25, -0.2) is 0 Å². The highest BCUT2D eigenvalue weighted by atomic mass is 16.5. The number of methoxy groups -OCH3 is 3. The molecular formula is C21H20N4O3. The maximum atomic E-state index is 5.47. The van der Waals surface area contributed by atoms with Crippen LogP contribution in [0.3, 0.4) is 0 Å². The molecule has 0 saturated carbocycles. The number of anilines is 2. The number of benzene rings is 2. The SMILES string of the molecule is COc1cc(Nc2ccnc3cc(OC)c(OC)cc23)cc(-c2cn[nH]c2)c1. The molecule has 2 aromatic heterocycles. The summed E-state index contributed by atoms with van der Waals surface area (Å²) in [6.45, 7) is 0. The summed E-state index contributed by atoms with van der Waals surface area (Å²) >= 11 is 0. The summed E-state index contributed by atoms with van der Waals surface area (Å²) < 4.78 is 16.3. The molecule has 0 bridgehead atoms. The van der Waals surface area contributed by atoms with Gasteiger partial charge >= 0.3 is 0 Å².